The van der Waals surface area contributed by atoms with Crippen molar-refractivity contribution in [1.29, 1.82) is 0 Å². The fourth-order valence-corrected chi connectivity index (χ4v) is 3.51. The van der Waals surface area contributed by atoms with Crippen molar-refractivity contribution in [2.75, 3.05) is 0 Å². The van der Waals surface area contributed by atoms with E-state index in [1.165, 1.54) is 11.6 Å². The molecule has 0 bridgehead atoms. The third kappa shape index (κ3) is 4.67. The summed E-state index contributed by atoms with van der Waals surface area (Å²) in [6.07, 6.45) is 3.47. The highest BCUT2D eigenvalue weighted by molar-refractivity contribution is 5.99. The first-order valence-corrected chi connectivity index (χ1v) is 9.78. The van der Waals surface area contributed by atoms with Crippen LogP contribution in [-0.4, -0.2) is 21.6 Å². The van der Waals surface area contributed by atoms with Gasteiger partial charge in [-0.15, -0.1) is 0 Å². The first-order chi connectivity index (χ1) is 15.1. The number of amides is 1. The molecule has 0 saturated heterocycles. The number of aromatic nitrogens is 1. The van der Waals surface area contributed by atoms with Crippen LogP contribution in [0.3, 0.4) is 0 Å². The van der Waals surface area contributed by atoms with E-state index in [2.05, 4.69) is 27.2 Å². The highest BCUT2D eigenvalue weighted by Gasteiger charge is 2.15. The summed E-state index contributed by atoms with van der Waals surface area (Å²) in [5.41, 5.74) is 5.86. The maximum absolute atomic E-state index is 12.2. The van der Waals surface area contributed by atoms with Gasteiger partial charge in [0.15, 0.2) is 0 Å². The Morgan fingerprint density at radius 3 is 2.52 bits per heavy atom. The van der Waals surface area contributed by atoms with E-state index in [0.29, 0.717) is 5.56 Å². The zero-order valence-electron chi connectivity index (χ0n) is 16.6. The van der Waals surface area contributed by atoms with Crippen molar-refractivity contribution in [1.82, 2.24) is 9.99 Å². The Bertz CT molecular complexity index is 1260. The Labute approximate surface area is 178 Å². The van der Waals surface area contributed by atoms with Crippen LogP contribution < -0.4 is 5.43 Å². The molecule has 0 aliphatic carbocycles. The Morgan fingerprint density at radius 1 is 1.00 bits per heavy atom. The first kappa shape index (κ1) is 20.0. The second kappa shape index (κ2) is 9.04. The number of fused-ring (bicyclic) bond motifs is 1. The number of hydrogen-bond acceptors (Lipinski definition) is 4. The zero-order valence-corrected chi connectivity index (χ0v) is 16.6. The van der Waals surface area contributed by atoms with E-state index < -0.39 is 10.8 Å². The molecule has 0 radical (unpaired) electrons. The summed E-state index contributed by atoms with van der Waals surface area (Å²) in [5.74, 6) is -0.418. The molecule has 1 amide bonds. The van der Waals surface area contributed by atoms with Crippen LogP contribution in [0.1, 0.15) is 16.7 Å². The molecule has 0 atom stereocenters. The monoisotopic (exact) mass is 412 g/mol. The molecule has 0 fully saturated rings. The molecule has 4 aromatic rings. The molecule has 7 heteroatoms. The van der Waals surface area contributed by atoms with Crippen LogP contribution in [0.15, 0.2) is 90.2 Å². The van der Waals surface area contributed by atoms with Gasteiger partial charge in [0.25, 0.3) is 5.69 Å². The average molecular weight is 412 g/mol. The highest BCUT2D eigenvalue weighted by atomic mass is 16.6. The van der Waals surface area contributed by atoms with Crippen molar-refractivity contribution in [2.45, 2.75) is 13.0 Å². The maximum Gasteiger partial charge on any atom is 0.273 e. The van der Waals surface area contributed by atoms with E-state index in [1.807, 2.05) is 48.7 Å². The molecule has 154 valence electrons. The number of nitrogens with zero attached hydrogens (tertiary/aromatic N) is 3. The van der Waals surface area contributed by atoms with E-state index in [0.717, 1.165) is 23.0 Å². The summed E-state index contributed by atoms with van der Waals surface area (Å²) in [6.45, 7) is 0.721. The minimum atomic E-state index is -0.493. The Morgan fingerprint density at radius 2 is 1.71 bits per heavy atom. The van der Waals surface area contributed by atoms with Gasteiger partial charge in [0.2, 0.25) is 5.91 Å². The van der Waals surface area contributed by atoms with Gasteiger partial charge in [0.1, 0.15) is 0 Å². The third-order valence-electron chi connectivity index (χ3n) is 4.95. The number of nitro groups is 1. The van der Waals surface area contributed by atoms with Gasteiger partial charge < -0.3 is 4.57 Å². The zero-order chi connectivity index (χ0) is 21.6. The average Bonchev–Trinajstić information content (AvgIpc) is 3.12. The minimum Gasteiger partial charge on any atom is -0.342 e. The van der Waals surface area contributed by atoms with E-state index in [-0.39, 0.29) is 12.1 Å². The molecule has 7 nitrogen and oxygen atoms in total. The number of hydrogen-bond donors (Lipinski definition) is 1. The van der Waals surface area contributed by atoms with Crippen molar-refractivity contribution >= 4 is 28.7 Å². The van der Waals surface area contributed by atoms with Crippen molar-refractivity contribution in [3.63, 3.8) is 0 Å². The fraction of sp³-hybridized carbons (Fsp3) is 0.0833. The van der Waals surface area contributed by atoms with Crippen molar-refractivity contribution < 1.29 is 9.72 Å². The molecule has 31 heavy (non-hydrogen) atoms. The van der Waals surface area contributed by atoms with Crippen molar-refractivity contribution in [3.05, 3.63) is 112 Å². The van der Waals surface area contributed by atoms with Gasteiger partial charge in [-0.25, -0.2) is 5.43 Å². The van der Waals surface area contributed by atoms with Crippen LogP contribution in [0.4, 0.5) is 5.69 Å². The molecule has 1 aromatic heterocycles. The normalized spacial score (nSPS) is 11.1. The highest BCUT2D eigenvalue weighted by Crippen LogP contribution is 2.21. The lowest BCUT2D eigenvalue weighted by Crippen LogP contribution is -2.20. The minimum absolute atomic E-state index is 0.0781. The van der Waals surface area contributed by atoms with E-state index >= 15 is 0 Å². The molecule has 0 aliphatic heterocycles. The lowest BCUT2D eigenvalue weighted by atomic mass is 10.1. The predicted molar refractivity (Wildman–Crippen MR) is 120 cm³/mol. The van der Waals surface area contributed by atoms with E-state index in [1.54, 1.807) is 24.4 Å². The molecular formula is C24H20N4O3. The lowest BCUT2D eigenvalue weighted by Gasteiger charge is -2.05. The number of carbonyl (C=O) groups excluding carboxylic acids is 1. The molecule has 0 spiro atoms. The molecule has 1 heterocycles. The van der Waals surface area contributed by atoms with Crippen molar-refractivity contribution in [3.8, 4) is 0 Å². The van der Waals surface area contributed by atoms with Gasteiger partial charge in [-0.05, 0) is 11.6 Å². The van der Waals surface area contributed by atoms with Crippen molar-refractivity contribution in [2.24, 2.45) is 5.10 Å². The number of nitrogens with one attached hydrogen (secondary N) is 1. The molecule has 0 saturated carbocycles. The summed E-state index contributed by atoms with van der Waals surface area (Å²) >= 11 is 0. The number of para-hydroxylation sites is 2. The van der Waals surface area contributed by atoms with Gasteiger partial charge in [-0.1, -0.05) is 66.7 Å². The second-order valence-electron chi connectivity index (χ2n) is 7.07. The van der Waals surface area contributed by atoms with Crippen LogP contribution in [0.5, 0.6) is 0 Å². The summed E-state index contributed by atoms with van der Waals surface area (Å²) in [5, 5.41) is 16.2. The van der Waals surface area contributed by atoms with Gasteiger partial charge in [0.05, 0.1) is 17.6 Å². The first-order valence-electron chi connectivity index (χ1n) is 9.78. The molecule has 0 aliphatic rings. The molecule has 0 unspecified atom stereocenters. The summed E-state index contributed by atoms with van der Waals surface area (Å²) < 4.78 is 2.14. The topological polar surface area (TPSA) is 89.5 Å². The molecule has 4 rings (SSSR count). The van der Waals surface area contributed by atoms with Crippen LogP contribution in [0.25, 0.3) is 10.9 Å². The smallest absolute Gasteiger partial charge is 0.273 e. The predicted octanol–water partition coefficient (Wildman–Crippen LogP) is 4.29. The van der Waals surface area contributed by atoms with Crippen LogP contribution >= 0.6 is 0 Å². The third-order valence-corrected chi connectivity index (χ3v) is 4.95. The SMILES string of the molecule is O=C(Cc1ccccc1[N+](=O)[O-])NN=Cc1cn(Cc2ccccc2)c2ccccc12. The van der Waals surface area contributed by atoms with Crippen LogP contribution in [-0.2, 0) is 17.8 Å². The quantitative estimate of drug-likeness (QED) is 0.279. The van der Waals surface area contributed by atoms with Crippen LogP contribution in [0, 0.1) is 10.1 Å². The van der Waals surface area contributed by atoms with Crippen LogP contribution in [0.2, 0.25) is 0 Å². The Hall–Kier alpha value is -4.26. The molecule has 1 N–H and O–H groups in total. The number of rotatable bonds is 7. The Balaban J connectivity index is 1.50. The number of hydrazone groups is 1. The fourth-order valence-electron chi connectivity index (χ4n) is 3.51. The largest absolute Gasteiger partial charge is 0.342 e. The second-order valence-corrected chi connectivity index (χ2v) is 7.07. The van der Waals surface area contributed by atoms with Gasteiger partial charge >= 0.3 is 0 Å². The molecular weight excluding hydrogens is 392 g/mol. The Kier molecular flexibility index (Phi) is 5.84. The van der Waals surface area contributed by atoms with Gasteiger partial charge in [-0.2, -0.15) is 5.10 Å². The maximum atomic E-state index is 12.2. The standard InChI is InChI=1S/C24H20N4O3/c29-24(14-19-10-4-6-12-22(19)28(30)31)26-25-15-20-17-27(16-18-8-2-1-3-9-18)23-13-7-5-11-21(20)23/h1-13,15,17H,14,16H2,(H,26,29). The van der Waals surface area contributed by atoms with Gasteiger partial charge in [0, 0.05) is 40.8 Å². The summed E-state index contributed by atoms with van der Waals surface area (Å²) in [4.78, 5) is 22.8. The number of nitro benzene ring substituents is 1. The number of carbonyl (C=O) groups is 1. The summed E-state index contributed by atoms with van der Waals surface area (Å²) in [7, 11) is 0. The van der Waals surface area contributed by atoms with E-state index in [4.69, 9.17) is 0 Å². The number of benzene rings is 3. The lowest BCUT2D eigenvalue weighted by molar-refractivity contribution is -0.385. The van der Waals surface area contributed by atoms with Gasteiger partial charge in [-0.3, -0.25) is 14.9 Å². The van der Waals surface area contributed by atoms with E-state index in [9.17, 15) is 14.9 Å². The summed E-state index contributed by atoms with van der Waals surface area (Å²) in [6, 6.07) is 24.3. The molecule has 3 aromatic carbocycles.